The smallest absolute Gasteiger partial charge is 0.0654 e. The van der Waals surface area contributed by atoms with Crippen LogP contribution in [0.5, 0.6) is 0 Å². The van der Waals surface area contributed by atoms with Crippen LogP contribution in [-0.4, -0.2) is 16.3 Å². The zero-order valence-corrected chi connectivity index (χ0v) is 12.9. The highest BCUT2D eigenvalue weighted by atomic mass is 15.3. The predicted octanol–water partition coefficient (Wildman–Crippen LogP) is 4.06. The topological polar surface area (TPSA) is 29.9 Å². The summed E-state index contributed by atoms with van der Waals surface area (Å²) in [4.78, 5) is 0. The van der Waals surface area contributed by atoms with Gasteiger partial charge in [0.05, 0.1) is 11.4 Å². The summed E-state index contributed by atoms with van der Waals surface area (Å²) in [5.74, 6) is 0.463. The van der Waals surface area contributed by atoms with E-state index in [-0.39, 0.29) is 0 Å². The van der Waals surface area contributed by atoms with Gasteiger partial charge in [0.1, 0.15) is 0 Å². The van der Waals surface area contributed by atoms with Crippen LogP contribution in [0.25, 0.3) is 5.69 Å². The van der Waals surface area contributed by atoms with Crippen molar-refractivity contribution in [1.29, 1.82) is 0 Å². The molecular weight excluding hydrogens is 246 g/mol. The maximum atomic E-state index is 4.65. The molecule has 1 heterocycles. The molecule has 0 saturated carbocycles. The Labute approximate surface area is 122 Å². The molecule has 3 nitrogen and oxygen atoms in total. The van der Waals surface area contributed by atoms with Gasteiger partial charge in [-0.25, -0.2) is 4.68 Å². The van der Waals surface area contributed by atoms with Gasteiger partial charge in [-0.15, -0.1) is 0 Å². The molecule has 20 heavy (non-hydrogen) atoms. The van der Waals surface area contributed by atoms with E-state index >= 15 is 0 Å². The van der Waals surface area contributed by atoms with Gasteiger partial charge in [0.15, 0.2) is 0 Å². The molecule has 1 aromatic heterocycles. The first kappa shape index (κ1) is 14.8. The first-order valence-electron chi connectivity index (χ1n) is 7.55. The summed E-state index contributed by atoms with van der Waals surface area (Å²) in [6, 6.07) is 11.2. The van der Waals surface area contributed by atoms with Crippen LogP contribution in [0.2, 0.25) is 0 Å². The molecule has 3 heteroatoms. The van der Waals surface area contributed by atoms with Crippen LogP contribution >= 0.6 is 0 Å². The Morgan fingerprint density at radius 2 is 2.00 bits per heavy atom. The third-order valence-corrected chi connectivity index (χ3v) is 3.60. The van der Waals surface area contributed by atoms with Crippen molar-refractivity contribution in [3.63, 3.8) is 0 Å². The minimum atomic E-state index is 0.417. The van der Waals surface area contributed by atoms with Gasteiger partial charge in [0, 0.05) is 12.2 Å². The summed E-state index contributed by atoms with van der Waals surface area (Å²) in [5, 5.41) is 8.17. The molecule has 0 fully saturated rings. The predicted molar refractivity (Wildman–Crippen MR) is 84.4 cm³/mol. The van der Waals surface area contributed by atoms with Crippen LogP contribution in [0.15, 0.2) is 36.5 Å². The van der Waals surface area contributed by atoms with E-state index in [1.807, 2.05) is 10.9 Å². The van der Waals surface area contributed by atoms with Gasteiger partial charge in [-0.3, -0.25) is 0 Å². The SMILES string of the molecule is CCNC(CC)c1cccc(-n2ccc(C(C)C)n2)c1. The van der Waals surface area contributed by atoms with Crippen LogP contribution < -0.4 is 5.32 Å². The normalized spacial score (nSPS) is 12.8. The maximum Gasteiger partial charge on any atom is 0.0654 e. The number of nitrogens with one attached hydrogen (secondary N) is 1. The fourth-order valence-corrected chi connectivity index (χ4v) is 2.42. The molecule has 1 unspecified atom stereocenters. The van der Waals surface area contributed by atoms with Crippen molar-refractivity contribution in [3.05, 3.63) is 47.8 Å². The lowest BCUT2D eigenvalue weighted by atomic mass is 10.0. The second-order valence-electron chi connectivity index (χ2n) is 5.45. The van der Waals surface area contributed by atoms with E-state index < -0.39 is 0 Å². The average molecular weight is 271 g/mol. The number of nitrogens with zero attached hydrogens (tertiary/aromatic N) is 2. The van der Waals surface area contributed by atoms with E-state index in [4.69, 9.17) is 0 Å². The van der Waals surface area contributed by atoms with E-state index in [2.05, 4.69) is 68.4 Å². The second-order valence-corrected chi connectivity index (χ2v) is 5.45. The van der Waals surface area contributed by atoms with Crippen molar-refractivity contribution in [2.45, 2.75) is 46.1 Å². The minimum absolute atomic E-state index is 0.417. The number of hydrogen-bond acceptors (Lipinski definition) is 2. The Morgan fingerprint density at radius 1 is 1.20 bits per heavy atom. The van der Waals surface area contributed by atoms with Gasteiger partial charge < -0.3 is 5.32 Å². The lowest BCUT2D eigenvalue weighted by Gasteiger charge is -2.17. The molecular formula is C17H25N3. The zero-order chi connectivity index (χ0) is 14.5. The summed E-state index contributed by atoms with van der Waals surface area (Å²) in [6.07, 6.45) is 3.14. The molecule has 108 valence electrons. The van der Waals surface area contributed by atoms with Crippen LogP contribution in [0.1, 0.15) is 57.3 Å². The van der Waals surface area contributed by atoms with E-state index in [0.717, 1.165) is 24.3 Å². The summed E-state index contributed by atoms with van der Waals surface area (Å²) >= 11 is 0. The van der Waals surface area contributed by atoms with E-state index in [0.29, 0.717) is 12.0 Å². The Balaban J connectivity index is 2.28. The van der Waals surface area contributed by atoms with Crippen molar-refractivity contribution in [3.8, 4) is 5.69 Å². The Hall–Kier alpha value is -1.61. The largest absolute Gasteiger partial charge is 0.310 e. The second kappa shape index (κ2) is 6.71. The molecule has 2 aromatic rings. The lowest BCUT2D eigenvalue weighted by molar-refractivity contribution is 0.537. The van der Waals surface area contributed by atoms with Crippen molar-refractivity contribution in [1.82, 2.24) is 15.1 Å². The van der Waals surface area contributed by atoms with Gasteiger partial charge >= 0.3 is 0 Å². The lowest BCUT2D eigenvalue weighted by Crippen LogP contribution is -2.20. The molecule has 1 atom stereocenters. The Kier molecular flexibility index (Phi) is 4.96. The van der Waals surface area contributed by atoms with Gasteiger partial charge in [-0.1, -0.05) is 39.8 Å². The standard InChI is InChI=1S/C17H25N3/c1-5-16(18-6-2)14-8-7-9-15(12-14)20-11-10-17(19-20)13(3)4/h7-13,16,18H,5-6H2,1-4H3. The molecule has 0 spiro atoms. The molecule has 1 N–H and O–H groups in total. The summed E-state index contributed by atoms with van der Waals surface area (Å²) in [5.41, 5.74) is 3.59. The summed E-state index contributed by atoms with van der Waals surface area (Å²) in [7, 11) is 0. The van der Waals surface area contributed by atoms with Crippen molar-refractivity contribution in [2.24, 2.45) is 0 Å². The molecule has 0 bridgehead atoms. The summed E-state index contributed by atoms with van der Waals surface area (Å²) in [6.45, 7) is 9.68. The fourth-order valence-electron chi connectivity index (χ4n) is 2.42. The first-order chi connectivity index (χ1) is 9.65. The van der Waals surface area contributed by atoms with E-state index in [1.54, 1.807) is 0 Å². The number of aromatic nitrogens is 2. The zero-order valence-electron chi connectivity index (χ0n) is 12.9. The molecule has 0 saturated heterocycles. The Morgan fingerprint density at radius 3 is 2.60 bits per heavy atom. The molecule has 2 rings (SSSR count). The Bertz CT molecular complexity index is 543. The average Bonchev–Trinajstić information content (AvgIpc) is 2.95. The summed E-state index contributed by atoms with van der Waals surface area (Å²) < 4.78 is 1.97. The molecule has 0 aliphatic carbocycles. The third kappa shape index (κ3) is 3.28. The highest BCUT2D eigenvalue weighted by molar-refractivity contribution is 5.37. The van der Waals surface area contributed by atoms with Gasteiger partial charge in [-0.05, 0) is 42.6 Å². The fraction of sp³-hybridized carbons (Fsp3) is 0.471. The highest BCUT2D eigenvalue weighted by Gasteiger charge is 2.10. The molecule has 1 aromatic carbocycles. The van der Waals surface area contributed by atoms with Crippen LogP contribution in [0.3, 0.4) is 0 Å². The van der Waals surface area contributed by atoms with Crippen LogP contribution in [0, 0.1) is 0 Å². The van der Waals surface area contributed by atoms with Gasteiger partial charge in [0.25, 0.3) is 0 Å². The van der Waals surface area contributed by atoms with E-state index in [9.17, 15) is 0 Å². The minimum Gasteiger partial charge on any atom is -0.310 e. The number of benzene rings is 1. The van der Waals surface area contributed by atoms with Crippen LogP contribution in [-0.2, 0) is 0 Å². The van der Waals surface area contributed by atoms with Crippen molar-refractivity contribution < 1.29 is 0 Å². The maximum absolute atomic E-state index is 4.65. The molecule has 0 aliphatic heterocycles. The monoisotopic (exact) mass is 271 g/mol. The van der Waals surface area contributed by atoms with Gasteiger partial charge in [-0.2, -0.15) is 5.10 Å². The number of rotatable bonds is 6. The van der Waals surface area contributed by atoms with Crippen molar-refractivity contribution in [2.75, 3.05) is 6.54 Å². The van der Waals surface area contributed by atoms with E-state index in [1.165, 1.54) is 5.56 Å². The quantitative estimate of drug-likeness (QED) is 0.858. The molecule has 0 aliphatic rings. The molecule has 0 amide bonds. The number of hydrogen-bond donors (Lipinski definition) is 1. The highest BCUT2D eigenvalue weighted by Crippen LogP contribution is 2.20. The van der Waals surface area contributed by atoms with Crippen molar-refractivity contribution >= 4 is 0 Å². The van der Waals surface area contributed by atoms with Gasteiger partial charge in [0.2, 0.25) is 0 Å². The van der Waals surface area contributed by atoms with Crippen LogP contribution in [0.4, 0.5) is 0 Å². The molecule has 0 radical (unpaired) electrons. The first-order valence-corrected chi connectivity index (χ1v) is 7.55. The third-order valence-electron chi connectivity index (χ3n) is 3.60.